The van der Waals surface area contributed by atoms with Gasteiger partial charge in [-0.3, -0.25) is 4.79 Å². The van der Waals surface area contributed by atoms with Crippen LogP contribution in [0, 0.1) is 23.2 Å². The van der Waals surface area contributed by atoms with E-state index in [-0.39, 0.29) is 5.92 Å². The van der Waals surface area contributed by atoms with Gasteiger partial charge in [0, 0.05) is 30.8 Å². The van der Waals surface area contributed by atoms with Crippen LogP contribution in [0.3, 0.4) is 0 Å². The van der Waals surface area contributed by atoms with Gasteiger partial charge in [-0.15, -0.1) is 0 Å². The maximum atomic E-state index is 11.0. The Bertz CT molecular complexity index is 1430. The highest BCUT2D eigenvalue weighted by molar-refractivity contribution is 7.09. The molecule has 1 fully saturated rings. The molecular formula is C29H31F3N4O4S. The van der Waals surface area contributed by atoms with Crippen LogP contribution in [0.2, 0.25) is 0 Å². The first kappa shape index (κ1) is 31.7. The number of nitrogens with zero attached hydrogens (tertiary/aromatic N) is 4. The first-order valence-corrected chi connectivity index (χ1v) is 13.8. The Morgan fingerprint density at radius 3 is 2.41 bits per heavy atom. The van der Waals surface area contributed by atoms with Crippen LogP contribution in [0.25, 0.3) is 22.0 Å². The largest absolute Gasteiger partial charge is 0.490 e. The molecular weight excluding hydrogens is 557 g/mol. The van der Waals surface area contributed by atoms with Crippen molar-refractivity contribution in [1.82, 2.24) is 14.3 Å². The van der Waals surface area contributed by atoms with Crippen molar-refractivity contribution in [3.8, 4) is 28.0 Å². The van der Waals surface area contributed by atoms with Gasteiger partial charge < -0.3 is 15.1 Å². The van der Waals surface area contributed by atoms with Crippen LogP contribution < -0.4 is 0 Å². The lowest BCUT2D eigenvalue weighted by atomic mass is 9.94. The minimum Gasteiger partial charge on any atom is -0.481 e. The average molecular weight is 589 g/mol. The van der Waals surface area contributed by atoms with E-state index >= 15 is 0 Å². The summed E-state index contributed by atoms with van der Waals surface area (Å²) in [6.07, 6.45) is -2.45. The highest BCUT2D eigenvalue weighted by Crippen LogP contribution is 2.31. The molecule has 0 spiro atoms. The van der Waals surface area contributed by atoms with Crippen LogP contribution in [0.4, 0.5) is 13.2 Å². The lowest BCUT2D eigenvalue weighted by Crippen LogP contribution is -2.50. The van der Waals surface area contributed by atoms with Crippen LogP contribution in [0.5, 0.6) is 0 Å². The number of carbonyl (C=O) groups is 2. The molecule has 0 atom stereocenters. The zero-order valence-corrected chi connectivity index (χ0v) is 23.7. The molecule has 0 bridgehead atoms. The van der Waals surface area contributed by atoms with E-state index in [2.05, 4.69) is 54.3 Å². The van der Waals surface area contributed by atoms with Crippen LogP contribution in [-0.2, 0) is 28.9 Å². The van der Waals surface area contributed by atoms with Gasteiger partial charge in [-0.25, -0.2) is 9.78 Å². The number of hydrogen-bond donors (Lipinski definition) is 2. The summed E-state index contributed by atoms with van der Waals surface area (Å²) >= 11 is 1.36. The van der Waals surface area contributed by atoms with Gasteiger partial charge in [-0.2, -0.15) is 22.8 Å². The molecule has 8 nitrogen and oxygen atoms in total. The number of benzene rings is 2. The van der Waals surface area contributed by atoms with Crippen molar-refractivity contribution in [3.63, 3.8) is 0 Å². The topological polar surface area (TPSA) is 127 Å². The van der Waals surface area contributed by atoms with Crippen LogP contribution in [0.1, 0.15) is 43.0 Å². The predicted octanol–water partition coefficient (Wildman–Crippen LogP) is 5.70. The summed E-state index contributed by atoms with van der Waals surface area (Å²) in [5, 5.41) is 26.6. The van der Waals surface area contributed by atoms with E-state index in [0.29, 0.717) is 24.6 Å². The normalized spacial score (nSPS) is 13.7. The monoisotopic (exact) mass is 588 g/mol. The van der Waals surface area contributed by atoms with Crippen LogP contribution in [-0.4, -0.2) is 62.2 Å². The fourth-order valence-electron chi connectivity index (χ4n) is 4.56. The molecule has 0 radical (unpaired) electrons. The first-order chi connectivity index (χ1) is 19.3. The molecule has 0 aliphatic carbocycles. The van der Waals surface area contributed by atoms with Crippen molar-refractivity contribution < 1.29 is 33.0 Å². The molecule has 1 aromatic heterocycles. The molecule has 2 N–H and O–H groups in total. The SMILES string of the molecule is CCc1c(CCN2CC(C(=O)O)C2)cccc1-c1nsc(-c2ccc(CC(C)C)c(C#N)c2)n1.O=C(O)C(F)(F)F. The number of rotatable bonds is 9. The highest BCUT2D eigenvalue weighted by Gasteiger charge is 2.38. The molecule has 1 saturated heterocycles. The van der Waals surface area contributed by atoms with Gasteiger partial charge in [-0.1, -0.05) is 51.1 Å². The summed E-state index contributed by atoms with van der Waals surface area (Å²) in [6, 6.07) is 14.6. The molecule has 4 rings (SSSR count). The summed E-state index contributed by atoms with van der Waals surface area (Å²) < 4.78 is 36.4. The maximum absolute atomic E-state index is 11.0. The van der Waals surface area contributed by atoms with Crippen molar-refractivity contribution in [2.45, 2.75) is 46.2 Å². The fraction of sp³-hybridized carbons (Fsp3) is 0.414. The molecule has 1 aliphatic rings. The van der Waals surface area contributed by atoms with Crippen molar-refractivity contribution >= 4 is 23.5 Å². The molecule has 12 heteroatoms. The van der Waals surface area contributed by atoms with Gasteiger partial charge in [-0.05, 0) is 59.5 Å². The number of carboxylic acid groups (broad SMARTS) is 2. The molecule has 218 valence electrons. The molecule has 0 amide bonds. The molecule has 0 saturated carbocycles. The summed E-state index contributed by atoms with van der Waals surface area (Å²) in [6.45, 7) is 8.58. The summed E-state index contributed by atoms with van der Waals surface area (Å²) in [5.41, 5.74) is 6.26. The molecule has 0 unspecified atom stereocenters. The first-order valence-electron chi connectivity index (χ1n) is 13.1. The van der Waals surface area contributed by atoms with Gasteiger partial charge in [0.2, 0.25) is 0 Å². The molecule has 3 aromatic rings. The third-order valence-corrected chi connectivity index (χ3v) is 7.41. The van der Waals surface area contributed by atoms with Gasteiger partial charge in [0.25, 0.3) is 0 Å². The number of halogens is 3. The number of nitriles is 1. The second-order valence-electron chi connectivity index (χ2n) is 10.1. The van der Waals surface area contributed by atoms with Crippen molar-refractivity contribution in [2.24, 2.45) is 11.8 Å². The van der Waals surface area contributed by atoms with E-state index in [0.717, 1.165) is 53.3 Å². The summed E-state index contributed by atoms with van der Waals surface area (Å²) in [5.74, 6) is -2.47. The smallest absolute Gasteiger partial charge is 0.481 e. The second-order valence-corrected chi connectivity index (χ2v) is 10.9. The number of hydrogen-bond acceptors (Lipinski definition) is 7. The third kappa shape index (κ3) is 8.34. The van der Waals surface area contributed by atoms with E-state index < -0.39 is 18.1 Å². The lowest BCUT2D eigenvalue weighted by Gasteiger charge is -2.36. The van der Waals surface area contributed by atoms with Crippen molar-refractivity contribution in [2.75, 3.05) is 19.6 Å². The Kier molecular flexibility index (Phi) is 10.6. The molecule has 2 aromatic carbocycles. The minimum absolute atomic E-state index is 0.226. The summed E-state index contributed by atoms with van der Waals surface area (Å²) in [7, 11) is 0. The zero-order valence-electron chi connectivity index (χ0n) is 22.9. The highest BCUT2D eigenvalue weighted by atomic mass is 32.1. The predicted molar refractivity (Wildman–Crippen MR) is 148 cm³/mol. The third-order valence-electron chi connectivity index (χ3n) is 6.65. The van der Waals surface area contributed by atoms with E-state index in [1.165, 1.54) is 22.7 Å². The summed E-state index contributed by atoms with van der Waals surface area (Å²) in [4.78, 5) is 27.0. The Morgan fingerprint density at radius 2 is 1.85 bits per heavy atom. The fourth-order valence-corrected chi connectivity index (χ4v) is 5.24. The zero-order chi connectivity index (χ0) is 30.3. The minimum atomic E-state index is -5.08. The quantitative estimate of drug-likeness (QED) is 0.326. The van der Waals surface area contributed by atoms with E-state index in [4.69, 9.17) is 20.0 Å². The van der Waals surface area contributed by atoms with Crippen molar-refractivity contribution in [1.29, 1.82) is 5.26 Å². The van der Waals surface area contributed by atoms with Crippen LogP contribution in [0.15, 0.2) is 36.4 Å². The van der Waals surface area contributed by atoms with E-state index in [1.54, 1.807) is 0 Å². The number of likely N-dealkylation sites (tertiary alicyclic amines) is 1. The van der Waals surface area contributed by atoms with E-state index in [1.807, 2.05) is 18.2 Å². The second kappa shape index (κ2) is 13.7. The Morgan fingerprint density at radius 1 is 1.17 bits per heavy atom. The van der Waals surface area contributed by atoms with Gasteiger partial charge in [0.1, 0.15) is 5.01 Å². The molecule has 1 aliphatic heterocycles. The average Bonchev–Trinajstić information content (AvgIpc) is 3.37. The molecule has 41 heavy (non-hydrogen) atoms. The number of aliphatic carboxylic acids is 2. The Balaban J connectivity index is 0.000000587. The maximum Gasteiger partial charge on any atom is 0.490 e. The standard InChI is InChI=1S/C27H30N4O2S.C2HF3O2/c1-4-23-18(10-11-31-15-22(16-31)27(32)33)6-5-7-24(23)25-29-26(34-30-25)20-9-8-19(12-17(2)3)21(13-20)14-28;3-2(4,5)1(6)7/h5-9,13,17,22H,4,10-12,15-16H2,1-3H3,(H,32,33);(H,6,7). The Hall–Kier alpha value is -3.82. The number of alkyl halides is 3. The van der Waals surface area contributed by atoms with Gasteiger partial charge >= 0.3 is 18.1 Å². The number of carboxylic acids is 2. The molecule has 2 heterocycles. The van der Waals surface area contributed by atoms with E-state index in [9.17, 15) is 23.2 Å². The van der Waals surface area contributed by atoms with Crippen LogP contribution >= 0.6 is 11.5 Å². The number of aromatic nitrogens is 2. The van der Waals surface area contributed by atoms with Gasteiger partial charge in [0.15, 0.2) is 5.82 Å². The lowest BCUT2D eigenvalue weighted by molar-refractivity contribution is -0.192. The van der Waals surface area contributed by atoms with Gasteiger partial charge in [0.05, 0.1) is 17.6 Å². The van der Waals surface area contributed by atoms with Crippen molar-refractivity contribution in [3.05, 3.63) is 58.7 Å². The Labute approximate surface area is 240 Å².